The van der Waals surface area contributed by atoms with Gasteiger partial charge in [0.1, 0.15) is 16.5 Å². The molecule has 0 fully saturated rings. The van der Waals surface area contributed by atoms with Crippen LogP contribution in [0.2, 0.25) is 5.02 Å². The fraction of sp³-hybridized carbons (Fsp3) is 0.385. The summed E-state index contributed by atoms with van der Waals surface area (Å²) in [5, 5.41) is 0.0791. The lowest BCUT2D eigenvalue weighted by molar-refractivity contribution is -0.180. The van der Waals surface area contributed by atoms with Crippen LogP contribution in [0.5, 0.6) is 11.5 Å². The Bertz CT molecular complexity index is 524. The van der Waals surface area contributed by atoms with Crippen LogP contribution in [0.3, 0.4) is 0 Å². The van der Waals surface area contributed by atoms with E-state index in [1.165, 1.54) is 13.2 Å². The summed E-state index contributed by atoms with van der Waals surface area (Å²) in [5.41, 5.74) is 1.35. The minimum atomic E-state index is -4.46. The van der Waals surface area contributed by atoms with Gasteiger partial charge in [-0.2, -0.15) is 13.2 Å². The minimum absolute atomic E-state index is 0.0144. The van der Waals surface area contributed by atoms with Gasteiger partial charge in [-0.25, -0.2) is 0 Å². The molecule has 1 unspecified atom stereocenters. The van der Waals surface area contributed by atoms with E-state index < -0.39 is 12.3 Å². The van der Waals surface area contributed by atoms with E-state index in [4.69, 9.17) is 21.1 Å². The van der Waals surface area contributed by atoms with Gasteiger partial charge in [-0.05, 0) is 24.1 Å². The van der Waals surface area contributed by atoms with Crippen molar-refractivity contribution in [3.63, 3.8) is 0 Å². The Labute approximate surface area is 113 Å². The van der Waals surface area contributed by atoms with Gasteiger partial charge in [-0.15, -0.1) is 0 Å². The number of benzene rings is 1. The summed E-state index contributed by atoms with van der Waals surface area (Å²) in [4.78, 5) is 0. The standard InChI is InChI=1S/C13H12ClF3O2/c1-3-7-6-8-4-5-9(13(15,16)17)19-12(8)10(14)11(7)18-2/h4-6,9H,3H2,1-2H3. The normalized spacial score (nSPS) is 17.9. The molecule has 0 aliphatic carbocycles. The number of methoxy groups -OCH3 is 1. The molecule has 0 N–H and O–H groups in total. The van der Waals surface area contributed by atoms with Crippen molar-refractivity contribution in [2.24, 2.45) is 0 Å². The molecular weight excluding hydrogens is 281 g/mol. The fourth-order valence-electron chi connectivity index (χ4n) is 1.95. The average molecular weight is 293 g/mol. The number of ether oxygens (including phenoxy) is 2. The quantitative estimate of drug-likeness (QED) is 0.811. The van der Waals surface area contributed by atoms with E-state index >= 15 is 0 Å². The second-order valence-electron chi connectivity index (χ2n) is 4.09. The van der Waals surface area contributed by atoms with Gasteiger partial charge in [0.15, 0.2) is 0 Å². The van der Waals surface area contributed by atoms with Crippen LogP contribution >= 0.6 is 11.6 Å². The first-order valence-electron chi connectivity index (χ1n) is 5.69. The Balaban J connectivity index is 2.51. The number of rotatable bonds is 2. The molecule has 1 aromatic carbocycles. The van der Waals surface area contributed by atoms with Crippen molar-refractivity contribution in [2.45, 2.75) is 25.6 Å². The highest BCUT2D eigenvalue weighted by atomic mass is 35.5. The van der Waals surface area contributed by atoms with Gasteiger partial charge >= 0.3 is 6.18 Å². The molecule has 0 amide bonds. The molecule has 1 heterocycles. The maximum atomic E-state index is 12.6. The molecule has 6 heteroatoms. The van der Waals surface area contributed by atoms with Crippen LogP contribution in [0.4, 0.5) is 13.2 Å². The first kappa shape index (κ1) is 14.1. The third kappa shape index (κ3) is 2.52. The van der Waals surface area contributed by atoms with Gasteiger partial charge in [0.05, 0.1) is 7.11 Å². The molecule has 0 saturated carbocycles. The molecule has 0 radical (unpaired) electrons. The molecule has 1 aromatic rings. The van der Waals surface area contributed by atoms with Crippen molar-refractivity contribution < 1.29 is 22.6 Å². The molecule has 1 aliphatic heterocycles. The third-order valence-electron chi connectivity index (χ3n) is 2.89. The summed E-state index contributed by atoms with van der Waals surface area (Å²) in [6.07, 6.45) is -3.43. The molecule has 2 nitrogen and oxygen atoms in total. The van der Waals surface area contributed by atoms with E-state index in [9.17, 15) is 13.2 Å². The molecule has 19 heavy (non-hydrogen) atoms. The Kier molecular flexibility index (Phi) is 3.67. The number of hydrogen-bond acceptors (Lipinski definition) is 2. The highest BCUT2D eigenvalue weighted by molar-refractivity contribution is 6.34. The zero-order valence-corrected chi connectivity index (χ0v) is 11.1. The number of hydrogen-bond donors (Lipinski definition) is 0. The van der Waals surface area contributed by atoms with E-state index in [2.05, 4.69) is 0 Å². The molecule has 104 valence electrons. The summed E-state index contributed by atoms with van der Waals surface area (Å²) in [7, 11) is 1.42. The average Bonchev–Trinajstić information content (AvgIpc) is 2.37. The lowest BCUT2D eigenvalue weighted by Gasteiger charge is -2.25. The Hall–Kier alpha value is -1.36. The predicted octanol–water partition coefficient (Wildman–Crippen LogP) is 4.25. The van der Waals surface area contributed by atoms with E-state index in [0.717, 1.165) is 11.6 Å². The summed E-state index contributed by atoms with van der Waals surface area (Å²) < 4.78 is 48.0. The van der Waals surface area contributed by atoms with E-state index in [1.807, 2.05) is 6.92 Å². The first-order chi connectivity index (χ1) is 8.88. The lowest BCUT2D eigenvalue weighted by atomic mass is 10.0. The molecule has 0 aromatic heterocycles. The second-order valence-corrected chi connectivity index (χ2v) is 4.47. The number of alkyl halides is 3. The summed E-state index contributed by atoms with van der Waals surface area (Å²) >= 11 is 6.07. The first-order valence-corrected chi connectivity index (χ1v) is 6.07. The summed E-state index contributed by atoms with van der Waals surface area (Å²) in [6, 6.07) is 1.73. The van der Waals surface area contributed by atoms with Crippen LogP contribution < -0.4 is 9.47 Å². The van der Waals surface area contributed by atoms with E-state index in [0.29, 0.717) is 17.7 Å². The minimum Gasteiger partial charge on any atom is -0.495 e. The molecule has 1 aliphatic rings. The van der Waals surface area contributed by atoms with Crippen LogP contribution in [-0.2, 0) is 6.42 Å². The van der Waals surface area contributed by atoms with Gasteiger partial charge in [0.25, 0.3) is 0 Å². The van der Waals surface area contributed by atoms with Gasteiger partial charge in [0.2, 0.25) is 6.10 Å². The maximum absolute atomic E-state index is 12.6. The monoisotopic (exact) mass is 292 g/mol. The van der Waals surface area contributed by atoms with Crippen molar-refractivity contribution in [2.75, 3.05) is 7.11 Å². The van der Waals surface area contributed by atoms with Crippen molar-refractivity contribution in [3.05, 3.63) is 28.3 Å². The molecule has 0 spiro atoms. The van der Waals surface area contributed by atoms with Gasteiger partial charge < -0.3 is 9.47 Å². The summed E-state index contributed by atoms with van der Waals surface area (Å²) in [6.45, 7) is 1.91. The lowest BCUT2D eigenvalue weighted by Crippen LogP contribution is -2.34. The van der Waals surface area contributed by atoms with Crippen molar-refractivity contribution in [3.8, 4) is 11.5 Å². The zero-order chi connectivity index (χ0) is 14.2. The Morgan fingerprint density at radius 2 is 2.11 bits per heavy atom. The highest BCUT2D eigenvalue weighted by Crippen LogP contribution is 2.44. The Morgan fingerprint density at radius 1 is 1.42 bits per heavy atom. The van der Waals surface area contributed by atoms with Gasteiger partial charge in [-0.1, -0.05) is 24.6 Å². The largest absolute Gasteiger partial charge is 0.495 e. The van der Waals surface area contributed by atoms with Crippen molar-refractivity contribution in [1.82, 2.24) is 0 Å². The predicted molar refractivity (Wildman–Crippen MR) is 66.9 cm³/mol. The SMILES string of the molecule is CCc1cc2c(c(Cl)c1OC)OC(C(F)(F)F)C=C2. The second kappa shape index (κ2) is 4.96. The molecule has 1 atom stereocenters. The van der Waals surface area contributed by atoms with Crippen molar-refractivity contribution in [1.29, 1.82) is 0 Å². The van der Waals surface area contributed by atoms with Crippen LogP contribution in [-0.4, -0.2) is 19.4 Å². The smallest absolute Gasteiger partial charge is 0.429 e. The maximum Gasteiger partial charge on any atom is 0.429 e. The molecular formula is C13H12ClF3O2. The van der Waals surface area contributed by atoms with E-state index in [1.54, 1.807) is 6.07 Å². The van der Waals surface area contributed by atoms with Crippen LogP contribution in [0.25, 0.3) is 6.08 Å². The fourth-order valence-corrected chi connectivity index (χ4v) is 2.30. The highest BCUT2D eigenvalue weighted by Gasteiger charge is 2.42. The van der Waals surface area contributed by atoms with Crippen LogP contribution in [0.15, 0.2) is 12.1 Å². The number of aryl methyl sites for hydroxylation is 1. The summed E-state index contributed by atoms with van der Waals surface area (Å²) in [5.74, 6) is 0.375. The number of halogens is 4. The van der Waals surface area contributed by atoms with Crippen LogP contribution in [0.1, 0.15) is 18.1 Å². The van der Waals surface area contributed by atoms with Gasteiger partial charge in [0, 0.05) is 5.56 Å². The topological polar surface area (TPSA) is 18.5 Å². The molecule has 2 rings (SSSR count). The van der Waals surface area contributed by atoms with Crippen molar-refractivity contribution >= 4 is 17.7 Å². The third-order valence-corrected chi connectivity index (χ3v) is 3.23. The molecule has 0 saturated heterocycles. The van der Waals surface area contributed by atoms with E-state index in [-0.39, 0.29) is 10.8 Å². The molecule has 0 bridgehead atoms. The van der Waals surface area contributed by atoms with Crippen LogP contribution in [0, 0.1) is 0 Å². The van der Waals surface area contributed by atoms with Gasteiger partial charge in [-0.3, -0.25) is 0 Å². The Morgan fingerprint density at radius 3 is 2.63 bits per heavy atom. The zero-order valence-electron chi connectivity index (χ0n) is 10.3. The number of fused-ring (bicyclic) bond motifs is 1.